The van der Waals surface area contributed by atoms with E-state index in [1.165, 1.54) is 21.0 Å². The molecule has 2 nitrogen and oxygen atoms in total. The quantitative estimate of drug-likeness (QED) is 0.870. The molecule has 18 heavy (non-hydrogen) atoms. The smallest absolute Gasteiger partial charge is 0.127 e. The van der Waals surface area contributed by atoms with Crippen molar-refractivity contribution >= 4 is 22.1 Å². The number of thiophene rings is 1. The van der Waals surface area contributed by atoms with Crippen LogP contribution in [0.5, 0.6) is 0 Å². The predicted octanol–water partition coefficient (Wildman–Crippen LogP) is 4.22. The maximum atomic E-state index is 5.46. The molecule has 1 aliphatic rings. The van der Waals surface area contributed by atoms with E-state index in [0.717, 1.165) is 5.76 Å². The number of fused-ring (bicyclic) bond motifs is 1. The van der Waals surface area contributed by atoms with E-state index in [0.29, 0.717) is 6.04 Å². The van der Waals surface area contributed by atoms with Gasteiger partial charge >= 0.3 is 0 Å². The third-order valence-electron chi connectivity index (χ3n) is 3.04. The minimum absolute atomic E-state index is 0.315. The molecule has 0 spiro atoms. The standard InChI is InChI=1S/C15H15NOS/c1-10-8-13(17-2)12-9-14(18-15(12)16-10)11-6-4-3-5-7-11/h3-10,16H,1-2H3. The Morgan fingerprint density at radius 1 is 1.22 bits per heavy atom. The lowest BCUT2D eigenvalue weighted by molar-refractivity contribution is 0.368. The van der Waals surface area contributed by atoms with Crippen molar-refractivity contribution in [2.24, 2.45) is 0 Å². The first kappa shape index (κ1) is 11.4. The minimum Gasteiger partial charge on any atom is -0.496 e. The number of ether oxygens (including phenoxy) is 1. The summed E-state index contributed by atoms with van der Waals surface area (Å²) in [6, 6.07) is 13.0. The fourth-order valence-corrected chi connectivity index (χ4v) is 3.33. The summed E-state index contributed by atoms with van der Waals surface area (Å²) in [4.78, 5) is 1.27. The second-order valence-corrected chi connectivity index (χ2v) is 5.44. The maximum Gasteiger partial charge on any atom is 0.127 e. The van der Waals surface area contributed by atoms with Crippen molar-refractivity contribution in [2.75, 3.05) is 12.4 Å². The highest BCUT2D eigenvalue weighted by Gasteiger charge is 2.20. The molecule has 1 N–H and O–H groups in total. The third kappa shape index (κ3) is 1.91. The number of methoxy groups -OCH3 is 1. The van der Waals surface area contributed by atoms with Crippen LogP contribution in [0.25, 0.3) is 16.2 Å². The van der Waals surface area contributed by atoms with Crippen molar-refractivity contribution in [1.29, 1.82) is 0 Å². The Morgan fingerprint density at radius 3 is 2.72 bits per heavy atom. The van der Waals surface area contributed by atoms with Gasteiger partial charge in [0.1, 0.15) is 10.8 Å². The Labute approximate surface area is 111 Å². The Morgan fingerprint density at radius 2 is 2.00 bits per heavy atom. The second-order valence-electron chi connectivity index (χ2n) is 4.39. The van der Waals surface area contributed by atoms with E-state index in [4.69, 9.17) is 4.74 Å². The molecular weight excluding hydrogens is 242 g/mol. The fourth-order valence-electron chi connectivity index (χ4n) is 2.17. The van der Waals surface area contributed by atoms with Crippen molar-refractivity contribution < 1.29 is 4.74 Å². The topological polar surface area (TPSA) is 21.3 Å². The molecule has 3 heteroatoms. The van der Waals surface area contributed by atoms with E-state index >= 15 is 0 Å². The molecule has 1 aromatic carbocycles. The van der Waals surface area contributed by atoms with Crippen LogP contribution in [0.3, 0.4) is 0 Å². The number of hydrogen-bond acceptors (Lipinski definition) is 3. The van der Waals surface area contributed by atoms with E-state index in [-0.39, 0.29) is 0 Å². The molecule has 0 saturated carbocycles. The van der Waals surface area contributed by atoms with Gasteiger partial charge in [-0.1, -0.05) is 30.3 Å². The van der Waals surface area contributed by atoms with Gasteiger partial charge in [-0.15, -0.1) is 11.3 Å². The number of nitrogens with one attached hydrogen (secondary N) is 1. The summed E-state index contributed by atoms with van der Waals surface area (Å²) in [6.07, 6.45) is 2.11. The summed E-state index contributed by atoms with van der Waals surface area (Å²) < 4.78 is 5.46. The van der Waals surface area contributed by atoms with Gasteiger partial charge < -0.3 is 10.1 Å². The molecule has 3 rings (SSSR count). The van der Waals surface area contributed by atoms with Gasteiger partial charge in [-0.2, -0.15) is 0 Å². The van der Waals surface area contributed by atoms with Gasteiger partial charge in [0.15, 0.2) is 0 Å². The fraction of sp³-hybridized carbons (Fsp3) is 0.200. The Bertz CT molecular complexity index is 586. The van der Waals surface area contributed by atoms with Gasteiger partial charge in [-0.25, -0.2) is 0 Å². The van der Waals surface area contributed by atoms with Crippen molar-refractivity contribution in [3.05, 3.63) is 48.0 Å². The Balaban J connectivity index is 2.06. The molecule has 2 aromatic rings. The third-order valence-corrected chi connectivity index (χ3v) is 4.15. The molecule has 92 valence electrons. The lowest BCUT2D eigenvalue weighted by atomic mass is 10.1. The van der Waals surface area contributed by atoms with E-state index < -0.39 is 0 Å². The van der Waals surface area contributed by atoms with E-state index in [9.17, 15) is 0 Å². The number of rotatable bonds is 2. The molecule has 1 aliphatic heterocycles. The molecule has 1 unspecified atom stereocenters. The van der Waals surface area contributed by atoms with Gasteiger partial charge in [0.25, 0.3) is 0 Å². The average Bonchev–Trinajstić information content (AvgIpc) is 2.82. The van der Waals surface area contributed by atoms with Crippen LogP contribution in [0.4, 0.5) is 5.00 Å². The maximum absolute atomic E-state index is 5.46. The highest BCUT2D eigenvalue weighted by Crippen LogP contribution is 2.41. The monoisotopic (exact) mass is 257 g/mol. The molecule has 0 fully saturated rings. The van der Waals surface area contributed by atoms with Crippen LogP contribution in [0, 0.1) is 0 Å². The summed E-state index contributed by atoms with van der Waals surface area (Å²) in [5.41, 5.74) is 2.42. The van der Waals surface area contributed by atoms with Gasteiger partial charge in [0, 0.05) is 10.9 Å². The van der Waals surface area contributed by atoms with Gasteiger partial charge in [0.2, 0.25) is 0 Å². The summed E-state index contributed by atoms with van der Waals surface area (Å²) in [7, 11) is 1.73. The summed E-state index contributed by atoms with van der Waals surface area (Å²) >= 11 is 1.78. The summed E-state index contributed by atoms with van der Waals surface area (Å²) in [5.74, 6) is 0.967. The van der Waals surface area contributed by atoms with Gasteiger partial charge in [0.05, 0.1) is 12.7 Å². The normalized spacial score (nSPS) is 17.7. The summed E-state index contributed by atoms with van der Waals surface area (Å²) in [5, 5.41) is 4.67. The average molecular weight is 257 g/mol. The van der Waals surface area contributed by atoms with Crippen molar-refractivity contribution in [3.8, 4) is 10.4 Å². The van der Waals surface area contributed by atoms with Crippen LogP contribution in [-0.2, 0) is 4.74 Å². The molecule has 1 atom stereocenters. The largest absolute Gasteiger partial charge is 0.496 e. The van der Waals surface area contributed by atoms with Crippen LogP contribution in [0.15, 0.2) is 42.5 Å². The van der Waals surface area contributed by atoms with Crippen molar-refractivity contribution in [2.45, 2.75) is 13.0 Å². The Kier molecular flexibility index (Phi) is 2.84. The first-order chi connectivity index (χ1) is 8.78. The zero-order chi connectivity index (χ0) is 12.5. The molecule has 0 saturated heterocycles. The first-order valence-electron chi connectivity index (χ1n) is 6.00. The molecule has 0 bridgehead atoms. The van der Waals surface area contributed by atoms with Gasteiger partial charge in [-0.05, 0) is 24.6 Å². The van der Waals surface area contributed by atoms with Crippen LogP contribution < -0.4 is 5.32 Å². The molecule has 2 heterocycles. The molecule has 0 amide bonds. The molecule has 1 aromatic heterocycles. The Hall–Kier alpha value is -1.74. The number of anilines is 1. The molecular formula is C15H15NOS. The lowest BCUT2D eigenvalue weighted by Gasteiger charge is -2.19. The first-order valence-corrected chi connectivity index (χ1v) is 6.81. The van der Waals surface area contributed by atoms with Crippen molar-refractivity contribution in [3.63, 3.8) is 0 Å². The number of benzene rings is 1. The van der Waals surface area contributed by atoms with Gasteiger partial charge in [-0.3, -0.25) is 0 Å². The second kappa shape index (κ2) is 4.50. The van der Waals surface area contributed by atoms with Crippen LogP contribution in [0.2, 0.25) is 0 Å². The predicted molar refractivity (Wildman–Crippen MR) is 77.8 cm³/mol. The SMILES string of the molecule is COC1=CC(C)Nc2sc(-c3ccccc3)cc21. The highest BCUT2D eigenvalue weighted by molar-refractivity contribution is 7.19. The lowest BCUT2D eigenvalue weighted by Crippen LogP contribution is -2.16. The minimum atomic E-state index is 0.315. The van der Waals surface area contributed by atoms with E-state index in [1.807, 2.05) is 6.07 Å². The van der Waals surface area contributed by atoms with Crippen LogP contribution in [0.1, 0.15) is 12.5 Å². The zero-order valence-corrected chi connectivity index (χ0v) is 11.3. The van der Waals surface area contributed by atoms with Crippen LogP contribution in [-0.4, -0.2) is 13.2 Å². The highest BCUT2D eigenvalue weighted by atomic mass is 32.1. The molecule has 0 radical (unpaired) electrons. The summed E-state index contributed by atoms with van der Waals surface area (Å²) in [6.45, 7) is 2.13. The van der Waals surface area contributed by atoms with E-state index in [2.05, 4.69) is 48.6 Å². The molecule has 0 aliphatic carbocycles. The van der Waals surface area contributed by atoms with Crippen molar-refractivity contribution in [1.82, 2.24) is 0 Å². The van der Waals surface area contributed by atoms with Crippen LogP contribution >= 0.6 is 11.3 Å². The zero-order valence-electron chi connectivity index (χ0n) is 10.4. The van der Waals surface area contributed by atoms with E-state index in [1.54, 1.807) is 18.4 Å². The number of hydrogen-bond donors (Lipinski definition) is 1.